The van der Waals surface area contributed by atoms with Crippen LogP contribution in [0.5, 0.6) is 11.5 Å². The fourth-order valence-corrected chi connectivity index (χ4v) is 6.47. The smallest absolute Gasteiger partial charge is 0.340 e. The molecular formula is C40H34N2O5. The third-order valence-electron chi connectivity index (χ3n) is 8.68. The summed E-state index contributed by atoms with van der Waals surface area (Å²) in [7, 11) is 0. The molecule has 1 unspecified atom stereocenters. The predicted octanol–water partition coefficient (Wildman–Crippen LogP) is 7.97. The Balaban J connectivity index is 1.33. The Morgan fingerprint density at radius 1 is 0.766 bits per heavy atom. The van der Waals surface area contributed by atoms with Crippen LogP contribution < -0.4 is 14.5 Å². The Bertz CT molecular complexity index is 1960. The van der Waals surface area contributed by atoms with E-state index >= 15 is 0 Å². The maximum absolute atomic E-state index is 13.4. The van der Waals surface area contributed by atoms with Gasteiger partial charge in [0.25, 0.3) is 0 Å². The molecule has 0 fully saturated rings. The highest BCUT2D eigenvalue weighted by Gasteiger charge is 2.53. The second-order valence-electron chi connectivity index (χ2n) is 11.6. The largest absolute Gasteiger partial charge is 0.464 e. The van der Waals surface area contributed by atoms with Crippen LogP contribution in [0.3, 0.4) is 0 Å². The van der Waals surface area contributed by atoms with Crippen molar-refractivity contribution in [3.63, 3.8) is 0 Å². The molecule has 0 bridgehead atoms. The lowest BCUT2D eigenvalue weighted by Crippen LogP contribution is -2.33. The van der Waals surface area contributed by atoms with Crippen LogP contribution in [0.4, 0.5) is 11.4 Å². The van der Waals surface area contributed by atoms with Gasteiger partial charge in [-0.2, -0.15) is 0 Å². The van der Waals surface area contributed by atoms with Crippen molar-refractivity contribution in [2.75, 3.05) is 23.0 Å². The molecule has 0 aliphatic carbocycles. The lowest BCUT2D eigenvalue weighted by atomic mass is 9.77. The molecule has 234 valence electrons. The first kappa shape index (κ1) is 29.9. The quantitative estimate of drug-likeness (QED) is 0.146. The number of carbonyl (C=O) groups excluding carboxylic acids is 2. The van der Waals surface area contributed by atoms with Gasteiger partial charge in [-0.1, -0.05) is 85.4 Å². The summed E-state index contributed by atoms with van der Waals surface area (Å²) < 4.78 is 18.4. The summed E-state index contributed by atoms with van der Waals surface area (Å²) in [5.41, 5.74) is 5.63. The topological polar surface area (TPSA) is 68.3 Å². The zero-order valence-corrected chi connectivity index (χ0v) is 26.1. The zero-order chi connectivity index (χ0) is 32.4. The van der Waals surface area contributed by atoms with Gasteiger partial charge in [0.15, 0.2) is 5.60 Å². The van der Waals surface area contributed by atoms with Crippen LogP contribution in [-0.4, -0.2) is 25.1 Å². The molecule has 0 aromatic heterocycles. The van der Waals surface area contributed by atoms with E-state index in [0.717, 1.165) is 39.2 Å². The molecule has 1 spiro atoms. The highest BCUT2D eigenvalue weighted by molar-refractivity contribution is 5.97. The first-order valence-corrected chi connectivity index (χ1v) is 15.6. The maximum atomic E-state index is 13.4. The zero-order valence-electron chi connectivity index (χ0n) is 26.1. The summed E-state index contributed by atoms with van der Waals surface area (Å²) in [4.78, 5) is 29.2. The molecule has 0 amide bonds. The average molecular weight is 623 g/mol. The molecule has 47 heavy (non-hydrogen) atoms. The number of fused-ring (bicyclic) bond motifs is 6. The van der Waals surface area contributed by atoms with Crippen LogP contribution in [0.2, 0.25) is 0 Å². The minimum absolute atomic E-state index is 0.236. The van der Waals surface area contributed by atoms with E-state index < -0.39 is 5.60 Å². The summed E-state index contributed by atoms with van der Waals surface area (Å²) in [5.74, 6) is 0.466. The van der Waals surface area contributed by atoms with E-state index in [1.54, 1.807) is 12.3 Å². The van der Waals surface area contributed by atoms with Gasteiger partial charge in [-0.3, -0.25) is 4.79 Å². The second-order valence-corrected chi connectivity index (χ2v) is 11.6. The summed E-state index contributed by atoms with van der Waals surface area (Å²) in [6.07, 6.45) is 1.80. The number of hydrogen-bond acceptors (Lipinski definition) is 7. The van der Waals surface area contributed by atoms with E-state index in [4.69, 9.17) is 14.2 Å². The lowest BCUT2D eigenvalue weighted by Gasteiger charge is -2.38. The first-order chi connectivity index (χ1) is 23.0. The molecule has 2 aliphatic heterocycles. The van der Waals surface area contributed by atoms with Crippen molar-refractivity contribution in [1.29, 1.82) is 0 Å². The Hall–Kier alpha value is -5.82. The van der Waals surface area contributed by atoms with Crippen molar-refractivity contribution < 1.29 is 23.8 Å². The molecule has 5 aromatic carbocycles. The molecule has 0 radical (unpaired) electrons. The number of rotatable bonds is 10. The number of nitrogens with zero attached hydrogens (tertiary/aromatic N) is 2. The van der Waals surface area contributed by atoms with E-state index in [1.165, 1.54) is 6.92 Å². The third kappa shape index (κ3) is 5.61. The van der Waals surface area contributed by atoms with Crippen LogP contribution >= 0.6 is 0 Å². The summed E-state index contributed by atoms with van der Waals surface area (Å²) >= 11 is 0. The maximum Gasteiger partial charge on any atom is 0.340 e. The third-order valence-corrected chi connectivity index (χ3v) is 8.68. The number of benzene rings is 5. The minimum Gasteiger partial charge on any atom is -0.464 e. The van der Waals surface area contributed by atoms with Crippen molar-refractivity contribution >= 4 is 23.3 Å². The molecule has 0 N–H and O–H groups in total. The van der Waals surface area contributed by atoms with E-state index in [2.05, 4.69) is 40.6 Å². The molecule has 7 heteroatoms. The Kier molecular flexibility index (Phi) is 7.96. The highest BCUT2D eigenvalue weighted by atomic mass is 16.6. The normalized spacial score (nSPS) is 15.5. The fourth-order valence-electron chi connectivity index (χ4n) is 6.47. The number of esters is 2. The van der Waals surface area contributed by atoms with Crippen molar-refractivity contribution in [3.8, 4) is 11.5 Å². The highest BCUT2D eigenvalue weighted by Crippen LogP contribution is 2.57. The monoisotopic (exact) mass is 622 g/mol. The molecular weight excluding hydrogens is 588 g/mol. The van der Waals surface area contributed by atoms with Crippen LogP contribution in [0.1, 0.15) is 45.1 Å². The van der Waals surface area contributed by atoms with Gasteiger partial charge in [-0.15, -0.1) is 0 Å². The molecule has 0 saturated heterocycles. The minimum atomic E-state index is -1.19. The fraction of sp³-hybridized carbons (Fsp3) is 0.150. The molecule has 5 aromatic rings. The summed E-state index contributed by atoms with van der Waals surface area (Å²) in [6.45, 7) is 7.42. The van der Waals surface area contributed by atoms with Gasteiger partial charge in [0, 0.05) is 60.2 Å². The summed E-state index contributed by atoms with van der Waals surface area (Å²) in [6, 6.07) is 39.8. The number of ether oxygens (including phenoxy) is 3. The van der Waals surface area contributed by atoms with Crippen LogP contribution in [0.15, 0.2) is 134 Å². The Morgan fingerprint density at radius 2 is 1.36 bits per heavy atom. The molecule has 0 saturated carbocycles. The number of carbonyl (C=O) groups is 2. The van der Waals surface area contributed by atoms with Gasteiger partial charge in [0.2, 0.25) is 0 Å². The molecule has 7 nitrogen and oxygen atoms in total. The van der Waals surface area contributed by atoms with Crippen molar-refractivity contribution in [1.82, 2.24) is 0 Å². The predicted molar refractivity (Wildman–Crippen MR) is 182 cm³/mol. The number of anilines is 2. The van der Waals surface area contributed by atoms with Gasteiger partial charge < -0.3 is 24.0 Å². The molecule has 2 heterocycles. The van der Waals surface area contributed by atoms with Gasteiger partial charge >= 0.3 is 11.9 Å². The van der Waals surface area contributed by atoms with E-state index in [0.29, 0.717) is 36.7 Å². The van der Waals surface area contributed by atoms with E-state index in [9.17, 15) is 9.59 Å². The van der Waals surface area contributed by atoms with Crippen LogP contribution in [0, 0.1) is 0 Å². The second kappa shape index (κ2) is 12.5. The van der Waals surface area contributed by atoms with Gasteiger partial charge in [-0.05, 0) is 47.7 Å². The van der Waals surface area contributed by atoms with E-state index in [1.807, 2.05) is 91.0 Å². The van der Waals surface area contributed by atoms with Crippen molar-refractivity contribution in [2.45, 2.75) is 25.6 Å². The lowest BCUT2D eigenvalue weighted by molar-refractivity contribution is -0.140. The standard InChI is InChI=1S/C40H34N2O5/c1-3-41(26-29-12-6-4-7-13-29)31-18-20-35-37(24-31)46-38-25-32(42(22-23-45-28(2)43)27-30-14-8-5-9-15-30)19-21-36(38)40(35)34-17-11-10-16-33(34)39(44)47-40/h3-21,24-25H,1,22-23,26-27H2,2H3. The van der Waals surface area contributed by atoms with Gasteiger partial charge in [-0.25, -0.2) is 4.79 Å². The Morgan fingerprint density at radius 3 is 2.02 bits per heavy atom. The van der Waals surface area contributed by atoms with Gasteiger partial charge in [0.05, 0.1) is 12.1 Å². The Labute approximate surface area is 274 Å². The van der Waals surface area contributed by atoms with E-state index in [-0.39, 0.29) is 18.5 Å². The molecule has 7 rings (SSSR count). The first-order valence-electron chi connectivity index (χ1n) is 15.6. The SMILES string of the molecule is C=CN(Cc1ccccc1)c1ccc2c(c1)Oc1cc(N(CCOC(C)=O)Cc3ccccc3)ccc1C21OC(=O)c2ccccc21. The molecule has 2 aliphatic rings. The average Bonchev–Trinajstić information content (AvgIpc) is 3.39. The van der Waals surface area contributed by atoms with Crippen molar-refractivity contribution in [3.05, 3.63) is 167 Å². The van der Waals surface area contributed by atoms with Crippen LogP contribution in [-0.2, 0) is 33.0 Å². The van der Waals surface area contributed by atoms with Gasteiger partial charge in [0.1, 0.15) is 18.1 Å². The molecule has 1 atom stereocenters. The van der Waals surface area contributed by atoms with Crippen molar-refractivity contribution in [2.24, 2.45) is 0 Å². The summed E-state index contributed by atoms with van der Waals surface area (Å²) in [5, 5.41) is 0. The number of hydrogen-bond donors (Lipinski definition) is 0. The van der Waals surface area contributed by atoms with Crippen LogP contribution in [0.25, 0.3) is 0 Å².